The van der Waals surface area contributed by atoms with Crippen LogP contribution in [-0.2, 0) is 18.4 Å². The number of piperazine rings is 1. The first-order valence-corrected chi connectivity index (χ1v) is 13.3. The predicted molar refractivity (Wildman–Crippen MR) is 136 cm³/mol. The lowest BCUT2D eigenvalue weighted by Gasteiger charge is -2.42. The number of benzene rings is 2. The number of fused-ring (bicyclic) bond motifs is 1. The fraction of sp³-hybridized carbons (Fsp3) is 0.385. The molecule has 3 atom stereocenters. The predicted octanol–water partition coefficient (Wildman–Crippen LogP) is 4.79. The molecule has 0 aliphatic carbocycles. The molecule has 7 nitrogen and oxygen atoms in total. The van der Waals surface area contributed by atoms with Gasteiger partial charge in [0.1, 0.15) is 12.0 Å². The molecule has 0 radical (unpaired) electrons. The zero-order valence-corrected chi connectivity index (χ0v) is 22.0. The third-order valence-corrected chi connectivity index (χ3v) is 8.44. The Balaban J connectivity index is 1.50. The number of aromatic nitrogens is 4. The number of hydrogen-bond donors (Lipinski definition) is 0. The lowest BCUT2D eigenvalue weighted by atomic mass is 9.95. The molecular formula is C26H28F4N6OS. The van der Waals surface area contributed by atoms with Crippen LogP contribution in [0.15, 0.2) is 59.9 Å². The summed E-state index contributed by atoms with van der Waals surface area (Å²) < 4.78 is 72.3. The van der Waals surface area contributed by atoms with Crippen LogP contribution < -0.4 is 0 Å². The third kappa shape index (κ3) is 5.31. The zero-order valence-electron chi connectivity index (χ0n) is 21.2. The number of hydrogen-bond acceptors (Lipinski definition) is 5. The molecule has 0 amide bonds. The molecule has 2 aromatic carbocycles. The van der Waals surface area contributed by atoms with Crippen molar-refractivity contribution in [1.82, 2.24) is 28.8 Å². The summed E-state index contributed by atoms with van der Waals surface area (Å²) in [6.45, 7) is 3.95. The minimum atomic E-state index is -4.31. The first-order chi connectivity index (χ1) is 18.0. The van der Waals surface area contributed by atoms with Crippen LogP contribution in [0.3, 0.4) is 0 Å². The number of alkyl halides is 3. The molecular weight excluding hydrogens is 520 g/mol. The molecule has 2 aromatic heterocycles. The van der Waals surface area contributed by atoms with Crippen molar-refractivity contribution in [3.8, 4) is 5.69 Å². The van der Waals surface area contributed by atoms with E-state index in [9.17, 15) is 22.1 Å². The molecule has 4 aromatic rings. The van der Waals surface area contributed by atoms with Crippen LogP contribution >= 0.6 is 0 Å². The van der Waals surface area contributed by atoms with Crippen LogP contribution in [0.2, 0.25) is 0 Å². The quantitative estimate of drug-likeness (QED) is 0.256. The van der Waals surface area contributed by atoms with Gasteiger partial charge in [-0.05, 0) is 54.4 Å². The molecule has 0 bridgehead atoms. The summed E-state index contributed by atoms with van der Waals surface area (Å²) in [6, 6.07) is 9.49. The largest absolute Gasteiger partial charge is 0.593 e. The van der Waals surface area contributed by atoms with Crippen molar-refractivity contribution in [2.45, 2.75) is 31.0 Å². The van der Waals surface area contributed by atoms with Crippen LogP contribution in [0, 0.1) is 18.7 Å². The van der Waals surface area contributed by atoms with Gasteiger partial charge in [-0.1, -0.05) is 6.92 Å². The van der Waals surface area contributed by atoms with Gasteiger partial charge in [-0.3, -0.25) is 9.58 Å². The molecule has 202 valence electrons. The summed E-state index contributed by atoms with van der Waals surface area (Å²) in [6.07, 6.45) is 0.614. The van der Waals surface area contributed by atoms with E-state index in [0.29, 0.717) is 30.2 Å². The van der Waals surface area contributed by atoms with Gasteiger partial charge in [0.25, 0.3) is 0 Å². The highest BCUT2D eigenvalue weighted by Crippen LogP contribution is 2.36. The Morgan fingerprint density at radius 3 is 2.50 bits per heavy atom. The highest BCUT2D eigenvalue weighted by atomic mass is 32.2. The average molecular weight is 549 g/mol. The standard InChI is InChI=1S/C26H28F4N6OS/c1-17-10-24-19(12-32-36(24)21-6-4-20(27)5-7-21)11-23(17)25-16-35(38(37)22-13-31-33(3)15-22)9-8-34(25)14-18(2)26(28,29)30/h4-7,10-13,15,18,25H,8-9,14,16H2,1-3H3. The minimum absolute atomic E-state index is 0.159. The first-order valence-electron chi connectivity index (χ1n) is 12.2. The van der Waals surface area contributed by atoms with Crippen molar-refractivity contribution in [3.63, 3.8) is 0 Å². The number of nitrogens with zero attached hydrogens (tertiary/aromatic N) is 6. The van der Waals surface area contributed by atoms with E-state index in [-0.39, 0.29) is 12.4 Å². The van der Waals surface area contributed by atoms with Gasteiger partial charge in [0.05, 0.1) is 60.0 Å². The summed E-state index contributed by atoms with van der Waals surface area (Å²) in [5, 5.41) is 9.38. The van der Waals surface area contributed by atoms with E-state index in [2.05, 4.69) is 10.2 Å². The second-order valence-corrected chi connectivity index (χ2v) is 11.2. The first kappa shape index (κ1) is 26.7. The molecule has 0 saturated carbocycles. The third-order valence-electron chi connectivity index (χ3n) is 7.02. The van der Waals surface area contributed by atoms with E-state index in [1.165, 1.54) is 19.1 Å². The summed E-state index contributed by atoms with van der Waals surface area (Å²) >= 11 is -1.49. The van der Waals surface area contributed by atoms with Crippen molar-refractivity contribution in [1.29, 1.82) is 0 Å². The summed E-state index contributed by atoms with van der Waals surface area (Å²) in [5.41, 5.74) is 3.24. The maximum atomic E-state index is 13.5. The molecule has 1 saturated heterocycles. The summed E-state index contributed by atoms with van der Waals surface area (Å²) in [7, 11) is 1.74. The van der Waals surface area contributed by atoms with Crippen LogP contribution in [-0.4, -0.2) is 65.7 Å². The highest BCUT2D eigenvalue weighted by molar-refractivity contribution is 7.89. The van der Waals surface area contributed by atoms with Crippen LogP contribution in [0.4, 0.5) is 17.6 Å². The van der Waals surface area contributed by atoms with Crippen LogP contribution in [0.5, 0.6) is 0 Å². The molecule has 1 fully saturated rings. The zero-order chi connectivity index (χ0) is 27.2. The van der Waals surface area contributed by atoms with Crippen LogP contribution in [0.1, 0.15) is 24.1 Å². The van der Waals surface area contributed by atoms with Gasteiger partial charge in [0.15, 0.2) is 0 Å². The average Bonchev–Trinajstić information content (AvgIpc) is 3.49. The fourth-order valence-corrected chi connectivity index (χ4v) is 6.10. The Kier molecular flexibility index (Phi) is 7.25. The molecule has 38 heavy (non-hydrogen) atoms. The van der Waals surface area contributed by atoms with E-state index in [1.54, 1.807) is 51.4 Å². The topological polar surface area (TPSA) is 65.2 Å². The Morgan fingerprint density at radius 1 is 1.11 bits per heavy atom. The number of aryl methyl sites for hydroxylation is 2. The maximum absolute atomic E-state index is 13.5. The highest BCUT2D eigenvalue weighted by Gasteiger charge is 2.41. The second-order valence-electron chi connectivity index (χ2n) is 9.74. The van der Waals surface area contributed by atoms with Crippen LogP contribution in [0.25, 0.3) is 16.6 Å². The van der Waals surface area contributed by atoms with Crippen molar-refractivity contribution < 1.29 is 22.1 Å². The lowest BCUT2D eigenvalue weighted by molar-refractivity contribution is -0.176. The van der Waals surface area contributed by atoms with Gasteiger partial charge in [-0.15, -0.1) is 4.31 Å². The SMILES string of the molecule is Cc1cc2c(cnn2-c2ccc(F)cc2)cc1C1CN([S+]([O-])c2cnn(C)c2)CCN1CC(C)C(F)(F)F. The van der Waals surface area contributed by atoms with Gasteiger partial charge in [-0.25, -0.2) is 9.07 Å². The Hall–Kier alpha value is -2.93. The Morgan fingerprint density at radius 2 is 1.84 bits per heavy atom. The molecule has 0 N–H and O–H groups in total. The fourth-order valence-electron chi connectivity index (χ4n) is 4.90. The normalized spacial score (nSPS) is 19.2. The Labute approximate surface area is 220 Å². The lowest BCUT2D eigenvalue weighted by Crippen LogP contribution is -2.52. The molecule has 3 heterocycles. The summed E-state index contributed by atoms with van der Waals surface area (Å²) in [4.78, 5) is 2.39. The monoisotopic (exact) mass is 548 g/mol. The van der Waals surface area contributed by atoms with Crippen molar-refractivity contribution in [3.05, 3.63) is 71.9 Å². The smallest absolute Gasteiger partial charge is 0.392 e. The second kappa shape index (κ2) is 10.3. The molecule has 0 spiro atoms. The minimum Gasteiger partial charge on any atom is -0.593 e. The van der Waals surface area contributed by atoms with E-state index >= 15 is 0 Å². The summed E-state index contributed by atoms with van der Waals surface area (Å²) in [5.74, 6) is -1.85. The van der Waals surface area contributed by atoms with Crippen molar-refractivity contribution in [2.24, 2.45) is 13.0 Å². The van der Waals surface area contributed by atoms with Crippen molar-refractivity contribution >= 4 is 22.3 Å². The van der Waals surface area contributed by atoms with Gasteiger partial charge < -0.3 is 4.55 Å². The van der Waals surface area contributed by atoms with E-state index < -0.39 is 29.5 Å². The number of halogens is 4. The van der Waals surface area contributed by atoms with Gasteiger partial charge in [0, 0.05) is 25.5 Å². The van der Waals surface area contributed by atoms with E-state index in [0.717, 1.165) is 22.0 Å². The van der Waals surface area contributed by atoms with Gasteiger partial charge >= 0.3 is 6.18 Å². The van der Waals surface area contributed by atoms with Gasteiger partial charge in [0.2, 0.25) is 4.90 Å². The Bertz CT molecular complexity index is 1420. The maximum Gasteiger partial charge on any atom is 0.392 e. The molecule has 5 rings (SSSR count). The number of rotatable bonds is 6. The molecule has 12 heteroatoms. The van der Waals surface area contributed by atoms with Crippen molar-refractivity contribution in [2.75, 3.05) is 26.2 Å². The molecule has 1 aliphatic heterocycles. The van der Waals surface area contributed by atoms with E-state index in [1.807, 2.05) is 24.0 Å². The molecule has 1 aliphatic rings. The van der Waals surface area contributed by atoms with Gasteiger partial charge in [-0.2, -0.15) is 23.4 Å². The van der Waals surface area contributed by atoms with E-state index in [4.69, 9.17) is 0 Å². The molecule has 3 unspecified atom stereocenters.